The average Bonchev–Trinajstić information content (AvgIpc) is 2.31. The van der Waals surface area contributed by atoms with Crippen LogP contribution in [0.4, 0.5) is 0 Å². The second kappa shape index (κ2) is 7.44. The average molecular weight is 205 g/mol. The van der Waals surface area contributed by atoms with Crippen molar-refractivity contribution in [3.8, 4) is 0 Å². The molecule has 0 spiro atoms. The van der Waals surface area contributed by atoms with Gasteiger partial charge in [-0.05, 0) is 36.5 Å². The molecular weight excluding hydrogens is 182 g/mol. The van der Waals surface area contributed by atoms with Crippen LogP contribution in [0.2, 0.25) is 0 Å². The molecule has 0 saturated heterocycles. The van der Waals surface area contributed by atoms with Crippen LogP contribution in [0.5, 0.6) is 0 Å². The van der Waals surface area contributed by atoms with Gasteiger partial charge in [0.15, 0.2) is 0 Å². The lowest BCUT2D eigenvalue weighted by atomic mass is 9.93. The second-order valence-electron chi connectivity index (χ2n) is 4.31. The minimum Gasteiger partial charge on any atom is -0.265 e. The van der Waals surface area contributed by atoms with E-state index in [4.69, 9.17) is 0 Å². The van der Waals surface area contributed by atoms with Crippen molar-refractivity contribution in [3.05, 3.63) is 30.1 Å². The van der Waals surface area contributed by atoms with Crippen LogP contribution in [-0.2, 0) is 6.42 Å². The standard InChI is InChI=1S/C14H23N/c1-3-5-6-13(4-2)7-8-14-9-11-15-12-10-14/h9-13H,3-8H2,1-2H3/t13-/m0/s1. The first-order chi connectivity index (χ1) is 7.36. The lowest BCUT2D eigenvalue weighted by Gasteiger charge is -2.13. The van der Waals surface area contributed by atoms with Gasteiger partial charge >= 0.3 is 0 Å². The van der Waals surface area contributed by atoms with Crippen LogP contribution in [0.1, 0.15) is 51.5 Å². The van der Waals surface area contributed by atoms with Gasteiger partial charge in [0, 0.05) is 12.4 Å². The van der Waals surface area contributed by atoms with E-state index in [1.165, 1.54) is 44.1 Å². The molecule has 15 heavy (non-hydrogen) atoms. The van der Waals surface area contributed by atoms with Crippen molar-refractivity contribution in [1.82, 2.24) is 4.98 Å². The monoisotopic (exact) mass is 205 g/mol. The van der Waals surface area contributed by atoms with Crippen LogP contribution in [0.15, 0.2) is 24.5 Å². The molecule has 1 heteroatoms. The molecule has 0 radical (unpaired) electrons. The summed E-state index contributed by atoms with van der Waals surface area (Å²) in [4.78, 5) is 4.04. The quantitative estimate of drug-likeness (QED) is 0.649. The third kappa shape index (κ3) is 4.96. The minimum absolute atomic E-state index is 0.915. The Labute approximate surface area is 93.9 Å². The Morgan fingerprint density at radius 2 is 1.87 bits per heavy atom. The summed E-state index contributed by atoms with van der Waals surface area (Å²) in [7, 11) is 0. The first-order valence-corrected chi connectivity index (χ1v) is 6.25. The van der Waals surface area contributed by atoms with Gasteiger partial charge in [-0.15, -0.1) is 0 Å². The first-order valence-electron chi connectivity index (χ1n) is 6.25. The summed E-state index contributed by atoms with van der Waals surface area (Å²) >= 11 is 0. The molecule has 84 valence electrons. The Hall–Kier alpha value is -0.850. The summed E-state index contributed by atoms with van der Waals surface area (Å²) in [5.41, 5.74) is 1.43. The summed E-state index contributed by atoms with van der Waals surface area (Å²) in [6, 6.07) is 4.26. The van der Waals surface area contributed by atoms with Crippen molar-refractivity contribution in [2.75, 3.05) is 0 Å². The zero-order valence-corrected chi connectivity index (χ0v) is 10.1. The maximum absolute atomic E-state index is 4.04. The zero-order chi connectivity index (χ0) is 10.9. The molecule has 0 amide bonds. The van der Waals surface area contributed by atoms with Crippen LogP contribution in [0.25, 0.3) is 0 Å². The van der Waals surface area contributed by atoms with E-state index in [0.717, 1.165) is 5.92 Å². The highest BCUT2D eigenvalue weighted by atomic mass is 14.6. The maximum atomic E-state index is 4.04. The molecule has 1 atom stereocenters. The van der Waals surface area contributed by atoms with Crippen LogP contribution >= 0.6 is 0 Å². The summed E-state index contributed by atoms with van der Waals surface area (Å²) in [5, 5.41) is 0. The Bertz CT molecular complexity index is 243. The van der Waals surface area contributed by atoms with Crippen molar-refractivity contribution in [3.63, 3.8) is 0 Å². The molecule has 0 bridgehead atoms. The largest absolute Gasteiger partial charge is 0.265 e. The van der Waals surface area contributed by atoms with Crippen molar-refractivity contribution in [2.45, 2.75) is 52.4 Å². The fourth-order valence-electron chi connectivity index (χ4n) is 1.97. The molecule has 1 aromatic rings. The molecule has 0 saturated carbocycles. The molecule has 1 rings (SSSR count). The van der Waals surface area contributed by atoms with Gasteiger partial charge in [0.25, 0.3) is 0 Å². The van der Waals surface area contributed by atoms with E-state index in [-0.39, 0.29) is 0 Å². The molecule has 1 nitrogen and oxygen atoms in total. The summed E-state index contributed by atoms with van der Waals surface area (Å²) in [5.74, 6) is 0.915. The fourth-order valence-corrected chi connectivity index (χ4v) is 1.97. The molecule has 0 aliphatic rings. The molecule has 0 aliphatic heterocycles. The number of aromatic nitrogens is 1. The Morgan fingerprint density at radius 1 is 1.13 bits per heavy atom. The molecular formula is C14H23N. The van der Waals surface area contributed by atoms with E-state index in [2.05, 4.69) is 31.0 Å². The maximum Gasteiger partial charge on any atom is 0.0270 e. The van der Waals surface area contributed by atoms with Gasteiger partial charge in [-0.1, -0.05) is 39.5 Å². The number of hydrogen-bond acceptors (Lipinski definition) is 1. The smallest absolute Gasteiger partial charge is 0.0270 e. The molecule has 1 aromatic heterocycles. The highest BCUT2D eigenvalue weighted by molar-refractivity contribution is 5.09. The number of nitrogens with zero attached hydrogens (tertiary/aromatic N) is 1. The van der Waals surface area contributed by atoms with Gasteiger partial charge in [-0.3, -0.25) is 4.98 Å². The SMILES string of the molecule is CCCC[C@H](CC)CCc1ccncc1. The highest BCUT2D eigenvalue weighted by Gasteiger charge is 2.05. The first kappa shape index (κ1) is 12.2. The van der Waals surface area contributed by atoms with Crippen molar-refractivity contribution < 1.29 is 0 Å². The van der Waals surface area contributed by atoms with Crippen molar-refractivity contribution in [2.24, 2.45) is 5.92 Å². The number of aryl methyl sites for hydroxylation is 1. The Kier molecular flexibility index (Phi) is 6.06. The van der Waals surface area contributed by atoms with Gasteiger partial charge in [0.05, 0.1) is 0 Å². The van der Waals surface area contributed by atoms with E-state index >= 15 is 0 Å². The number of rotatable bonds is 7. The van der Waals surface area contributed by atoms with Crippen LogP contribution < -0.4 is 0 Å². The highest BCUT2D eigenvalue weighted by Crippen LogP contribution is 2.18. The summed E-state index contributed by atoms with van der Waals surface area (Å²) < 4.78 is 0. The van der Waals surface area contributed by atoms with Crippen molar-refractivity contribution in [1.29, 1.82) is 0 Å². The normalized spacial score (nSPS) is 12.7. The molecule has 0 N–H and O–H groups in total. The van der Waals surface area contributed by atoms with Gasteiger partial charge in [-0.2, -0.15) is 0 Å². The van der Waals surface area contributed by atoms with E-state index < -0.39 is 0 Å². The van der Waals surface area contributed by atoms with E-state index in [1.54, 1.807) is 0 Å². The molecule has 0 aliphatic carbocycles. The fraction of sp³-hybridized carbons (Fsp3) is 0.643. The predicted molar refractivity (Wildman–Crippen MR) is 65.9 cm³/mol. The minimum atomic E-state index is 0.915. The molecule has 0 unspecified atom stereocenters. The van der Waals surface area contributed by atoms with E-state index in [0.29, 0.717) is 0 Å². The third-order valence-corrected chi connectivity index (χ3v) is 3.13. The number of pyridine rings is 1. The molecule has 0 fully saturated rings. The molecule has 0 aromatic carbocycles. The summed E-state index contributed by atoms with van der Waals surface area (Å²) in [6.07, 6.45) is 11.8. The lowest BCUT2D eigenvalue weighted by molar-refractivity contribution is 0.422. The molecule has 1 heterocycles. The second-order valence-corrected chi connectivity index (χ2v) is 4.31. The van der Waals surface area contributed by atoms with Crippen LogP contribution in [0, 0.1) is 5.92 Å². The predicted octanol–water partition coefficient (Wildman–Crippen LogP) is 4.23. The topological polar surface area (TPSA) is 12.9 Å². The van der Waals surface area contributed by atoms with Crippen LogP contribution in [0.3, 0.4) is 0 Å². The van der Waals surface area contributed by atoms with Gasteiger partial charge in [-0.25, -0.2) is 0 Å². The third-order valence-electron chi connectivity index (χ3n) is 3.13. The van der Waals surface area contributed by atoms with Gasteiger partial charge in [0.2, 0.25) is 0 Å². The lowest BCUT2D eigenvalue weighted by Crippen LogP contribution is -2.01. The van der Waals surface area contributed by atoms with E-state index in [9.17, 15) is 0 Å². The summed E-state index contributed by atoms with van der Waals surface area (Å²) in [6.45, 7) is 4.59. The Morgan fingerprint density at radius 3 is 2.47 bits per heavy atom. The van der Waals surface area contributed by atoms with Gasteiger partial charge in [0.1, 0.15) is 0 Å². The van der Waals surface area contributed by atoms with Crippen LogP contribution in [-0.4, -0.2) is 4.98 Å². The number of unbranched alkanes of at least 4 members (excludes halogenated alkanes) is 1. The zero-order valence-electron chi connectivity index (χ0n) is 10.1. The Balaban J connectivity index is 2.28. The van der Waals surface area contributed by atoms with Crippen molar-refractivity contribution >= 4 is 0 Å². The van der Waals surface area contributed by atoms with Gasteiger partial charge < -0.3 is 0 Å². The van der Waals surface area contributed by atoms with E-state index in [1.807, 2.05) is 12.4 Å². The number of hydrogen-bond donors (Lipinski definition) is 0.